The molecule has 1 aromatic rings. The highest BCUT2D eigenvalue weighted by atomic mass is 16.3. The molecule has 20 heavy (non-hydrogen) atoms. The molecular formula is C16H24N2O2. The molecule has 4 heteroatoms. The average Bonchev–Trinajstić information content (AvgIpc) is 2.52. The lowest BCUT2D eigenvalue weighted by Crippen LogP contribution is -2.50. The molecule has 2 rings (SSSR count). The van der Waals surface area contributed by atoms with E-state index in [4.69, 9.17) is 0 Å². The highest BCUT2D eigenvalue weighted by molar-refractivity contribution is 5.97. The number of amides is 1. The fraction of sp³-hybridized carbons (Fsp3) is 0.562. The van der Waals surface area contributed by atoms with E-state index < -0.39 is 5.54 Å². The number of carbonyl (C=O) groups excluding carboxylic acids is 1. The van der Waals surface area contributed by atoms with Gasteiger partial charge in [0, 0.05) is 17.8 Å². The number of fused-ring (bicyclic) bond motifs is 1. The van der Waals surface area contributed by atoms with Gasteiger partial charge in [-0.15, -0.1) is 0 Å². The van der Waals surface area contributed by atoms with Gasteiger partial charge in [0.2, 0.25) is 0 Å². The number of aliphatic hydroxyl groups excluding tert-OH is 1. The van der Waals surface area contributed by atoms with Gasteiger partial charge in [-0.3, -0.25) is 4.79 Å². The van der Waals surface area contributed by atoms with Crippen molar-refractivity contribution >= 4 is 11.6 Å². The van der Waals surface area contributed by atoms with Crippen molar-refractivity contribution in [2.24, 2.45) is 0 Å². The molecule has 0 unspecified atom stereocenters. The average molecular weight is 276 g/mol. The van der Waals surface area contributed by atoms with Crippen LogP contribution in [0.5, 0.6) is 0 Å². The molecule has 0 saturated heterocycles. The van der Waals surface area contributed by atoms with Crippen molar-refractivity contribution in [1.29, 1.82) is 0 Å². The summed E-state index contributed by atoms with van der Waals surface area (Å²) >= 11 is 0. The molecule has 1 aromatic carbocycles. The van der Waals surface area contributed by atoms with Crippen LogP contribution in [0.15, 0.2) is 18.2 Å². The zero-order valence-electron chi connectivity index (χ0n) is 12.3. The molecule has 1 amide bonds. The molecule has 0 radical (unpaired) electrons. The van der Waals surface area contributed by atoms with Gasteiger partial charge >= 0.3 is 0 Å². The van der Waals surface area contributed by atoms with E-state index in [-0.39, 0.29) is 12.5 Å². The number of hydrogen-bond donors (Lipinski definition) is 3. The van der Waals surface area contributed by atoms with E-state index in [1.807, 2.05) is 32.0 Å². The van der Waals surface area contributed by atoms with E-state index in [0.717, 1.165) is 49.0 Å². The number of hydrogen-bond acceptors (Lipinski definition) is 3. The van der Waals surface area contributed by atoms with Crippen LogP contribution in [-0.2, 0) is 6.42 Å². The minimum absolute atomic E-state index is 0.0288. The molecule has 0 fully saturated rings. The molecule has 0 bridgehead atoms. The van der Waals surface area contributed by atoms with Crippen LogP contribution in [0.2, 0.25) is 0 Å². The van der Waals surface area contributed by atoms with E-state index in [2.05, 4.69) is 10.6 Å². The molecule has 1 aliphatic rings. The van der Waals surface area contributed by atoms with Crippen LogP contribution in [-0.4, -0.2) is 29.7 Å². The second-order valence-electron chi connectivity index (χ2n) is 5.46. The minimum Gasteiger partial charge on any atom is -0.394 e. The lowest BCUT2D eigenvalue weighted by Gasteiger charge is -2.31. The molecular weight excluding hydrogens is 252 g/mol. The Morgan fingerprint density at radius 1 is 1.40 bits per heavy atom. The summed E-state index contributed by atoms with van der Waals surface area (Å²) in [6.45, 7) is 4.91. The Morgan fingerprint density at radius 2 is 2.15 bits per heavy atom. The van der Waals surface area contributed by atoms with Gasteiger partial charge in [0.15, 0.2) is 0 Å². The summed E-state index contributed by atoms with van der Waals surface area (Å²) in [7, 11) is 0. The molecule has 4 nitrogen and oxygen atoms in total. The van der Waals surface area contributed by atoms with Crippen molar-refractivity contribution in [2.75, 3.05) is 18.5 Å². The first-order valence-corrected chi connectivity index (χ1v) is 7.45. The Hall–Kier alpha value is -1.55. The van der Waals surface area contributed by atoms with Crippen LogP contribution in [0.1, 0.15) is 49.0 Å². The number of nitrogens with one attached hydrogen (secondary N) is 2. The highest BCUT2D eigenvalue weighted by Gasteiger charge is 2.29. The van der Waals surface area contributed by atoms with Gasteiger partial charge in [-0.1, -0.05) is 19.9 Å². The van der Waals surface area contributed by atoms with Gasteiger partial charge in [-0.2, -0.15) is 0 Å². The molecule has 0 saturated carbocycles. The van der Waals surface area contributed by atoms with Crippen molar-refractivity contribution in [2.45, 2.75) is 45.1 Å². The SMILES string of the molecule is CCC(CC)(CO)NC(=O)c1cccc2c1CCCN2. The molecule has 0 aliphatic carbocycles. The molecule has 0 spiro atoms. The van der Waals surface area contributed by atoms with Crippen LogP contribution in [0.4, 0.5) is 5.69 Å². The summed E-state index contributed by atoms with van der Waals surface area (Å²) in [6, 6.07) is 5.80. The summed E-state index contributed by atoms with van der Waals surface area (Å²) < 4.78 is 0. The van der Waals surface area contributed by atoms with Crippen LogP contribution >= 0.6 is 0 Å². The highest BCUT2D eigenvalue weighted by Crippen LogP contribution is 2.26. The predicted molar refractivity (Wildman–Crippen MR) is 81.1 cm³/mol. The summed E-state index contributed by atoms with van der Waals surface area (Å²) in [6.07, 6.45) is 3.42. The van der Waals surface area contributed by atoms with E-state index in [1.165, 1.54) is 0 Å². The van der Waals surface area contributed by atoms with Crippen molar-refractivity contribution in [3.8, 4) is 0 Å². The maximum atomic E-state index is 12.6. The Balaban J connectivity index is 2.25. The van der Waals surface area contributed by atoms with Crippen molar-refractivity contribution < 1.29 is 9.90 Å². The Labute approximate surface area is 120 Å². The molecule has 0 atom stereocenters. The van der Waals surface area contributed by atoms with Crippen LogP contribution < -0.4 is 10.6 Å². The lowest BCUT2D eigenvalue weighted by atomic mass is 9.92. The fourth-order valence-electron chi connectivity index (χ4n) is 2.72. The third kappa shape index (κ3) is 2.80. The summed E-state index contributed by atoms with van der Waals surface area (Å²) in [5.74, 6) is -0.0803. The van der Waals surface area contributed by atoms with Crippen LogP contribution in [0, 0.1) is 0 Å². The zero-order valence-corrected chi connectivity index (χ0v) is 12.3. The van der Waals surface area contributed by atoms with Gasteiger partial charge in [0.1, 0.15) is 0 Å². The van der Waals surface area contributed by atoms with E-state index in [9.17, 15) is 9.90 Å². The molecule has 1 aliphatic heterocycles. The van der Waals surface area contributed by atoms with Gasteiger partial charge in [-0.05, 0) is 43.4 Å². The van der Waals surface area contributed by atoms with Crippen molar-refractivity contribution in [1.82, 2.24) is 5.32 Å². The Bertz CT molecular complexity index is 473. The van der Waals surface area contributed by atoms with E-state index in [0.29, 0.717) is 0 Å². The first-order chi connectivity index (χ1) is 9.65. The third-order valence-electron chi connectivity index (χ3n) is 4.37. The van der Waals surface area contributed by atoms with Gasteiger partial charge in [-0.25, -0.2) is 0 Å². The number of rotatable bonds is 5. The second kappa shape index (κ2) is 6.27. The third-order valence-corrected chi connectivity index (χ3v) is 4.37. The number of carbonyl (C=O) groups is 1. The van der Waals surface area contributed by atoms with Gasteiger partial charge in [0.25, 0.3) is 5.91 Å². The second-order valence-corrected chi connectivity index (χ2v) is 5.46. The van der Waals surface area contributed by atoms with Crippen molar-refractivity contribution in [3.05, 3.63) is 29.3 Å². The predicted octanol–water partition coefficient (Wildman–Crippen LogP) is 2.33. The largest absolute Gasteiger partial charge is 0.394 e. The van der Waals surface area contributed by atoms with Gasteiger partial charge in [0.05, 0.1) is 12.1 Å². The lowest BCUT2D eigenvalue weighted by molar-refractivity contribution is 0.0817. The zero-order chi connectivity index (χ0) is 14.6. The standard InChI is InChI=1S/C16H24N2O2/c1-3-16(4-2,11-19)18-15(20)13-7-5-9-14-12(13)8-6-10-17-14/h5,7,9,17,19H,3-4,6,8,10-11H2,1-2H3,(H,18,20). The fourth-order valence-corrected chi connectivity index (χ4v) is 2.72. The Morgan fingerprint density at radius 3 is 2.80 bits per heavy atom. The van der Waals surface area contributed by atoms with E-state index >= 15 is 0 Å². The molecule has 0 aromatic heterocycles. The smallest absolute Gasteiger partial charge is 0.252 e. The Kier molecular flexibility index (Phi) is 4.65. The molecule has 3 N–H and O–H groups in total. The topological polar surface area (TPSA) is 61.4 Å². The molecule has 1 heterocycles. The number of aliphatic hydroxyl groups is 1. The quantitative estimate of drug-likeness (QED) is 0.773. The van der Waals surface area contributed by atoms with E-state index in [1.54, 1.807) is 0 Å². The maximum Gasteiger partial charge on any atom is 0.252 e. The van der Waals surface area contributed by atoms with Crippen LogP contribution in [0.25, 0.3) is 0 Å². The molecule has 110 valence electrons. The summed E-state index contributed by atoms with van der Waals surface area (Å²) in [5.41, 5.74) is 2.37. The van der Waals surface area contributed by atoms with Crippen molar-refractivity contribution in [3.63, 3.8) is 0 Å². The summed E-state index contributed by atoms with van der Waals surface area (Å²) in [5, 5.41) is 15.9. The maximum absolute atomic E-state index is 12.6. The van der Waals surface area contributed by atoms with Crippen LogP contribution in [0.3, 0.4) is 0 Å². The minimum atomic E-state index is -0.512. The number of benzene rings is 1. The number of anilines is 1. The van der Waals surface area contributed by atoms with Gasteiger partial charge < -0.3 is 15.7 Å². The first kappa shape index (κ1) is 14.9. The normalized spacial score (nSPS) is 14.3. The first-order valence-electron chi connectivity index (χ1n) is 7.45. The summed E-state index contributed by atoms with van der Waals surface area (Å²) in [4.78, 5) is 12.6. The monoisotopic (exact) mass is 276 g/mol.